The average molecular weight is 485 g/mol. The van der Waals surface area contributed by atoms with Gasteiger partial charge in [-0.3, -0.25) is 4.79 Å². The van der Waals surface area contributed by atoms with Gasteiger partial charge in [-0.2, -0.15) is 0 Å². The summed E-state index contributed by atoms with van der Waals surface area (Å²) in [4.78, 5) is 30.0. The van der Waals surface area contributed by atoms with Crippen LogP contribution < -0.4 is 24.8 Å². The normalized spacial score (nSPS) is 19.9. The first kappa shape index (κ1) is 24.6. The minimum absolute atomic E-state index is 0.0148. The summed E-state index contributed by atoms with van der Waals surface area (Å²) in [5.41, 5.74) is 1.25. The second-order valence-electron chi connectivity index (χ2n) is 9.21. The SMILES string of the molecule is C[C@@H]1CN([C@@H](C)CO)C(=O)c2cccc(NC(=O)Nc3ccc4c(c3)OCO4)c2O[C@H]1CN(C)C. The third kappa shape index (κ3) is 5.44. The maximum absolute atomic E-state index is 13.5. The van der Waals surface area contributed by atoms with Crippen LogP contribution in [0, 0.1) is 5.92 Å². The van der Waals surface area contributed by atoms with Crippen LogP contribution in [0.25, 0.3) is 0 Å². The van der Waals surface area contributed by atoms with E-state index in [0.717, 1.165) is 0 Å². The summed E-state index contributed by atoms with van der Waals surface area (Å²) in [5.74, 6) is 1.22. The molecule has 0 spiro atoms. The number of urea groups is 1. The molecule has 2 aromatic rings. The molecule has 0 radical (unpaired) electrons. The number of amides is 3. The smallest absolute Gasteiger partial charge is 0.323 e. The zero-order valence-corrected chi connectivity index (χ0v) is 20.4. The van der Waals surface area contributed by atoms with Crippen LogP contribution in [0.4, 0.5) is 16.2 Å². The topological polar surface area (TPSA) is 113 Å². The standard InChI is InChI=1S/C25H32N4O6/c1-15-11-29(16(2)13-30)24(31)18-6-5-7-19(23(18)35-22(15)12-28(3)4)27-25(32)26-17-8-9-20-21(10-17)34-14-33-20/h5-10,15-16,22,30H,11-14H2,1-4H3,(H2,26,27,32)/t15-,16+,22+/m1/s1. The highest BCUT2D eigenvalue weighted by molar-refractivity contribution is 6.04. The van der Waals surface area contributed by atoms with E-state index in [1.54, 1.807) is 41.3 Å². The summed E-state index contributed by atoms with van der Waals surface area (Å²) in [5, 5.41) is 15.4. The Morgan fingerprint density at radius 1 is 1.20 bits per heavy atom. The van der Waals surface area contributed by atoms with E-state index in [4.69, 9.17) is 14.2 Å². The van der Waals surface area contributed by atoms with Crippen molar-refractivity contribution in [1.29, 1.82) is 0 Å². The number of ether oxygens (including phenoxy) is 3. The maximum Gasteiger partial charge on any atom is 0.323 e. The van der Waals surface area contributed by atoms with Crippen LogP contribution in [0.1, 0.15) is 24.2 Å². The Balaban J connectivity index is 1.63. The number of nitrogens with zero attached hydrogens (tertiary/aromatic N) is 2. The quantitative estimate of drug-likeness (QED) is 0.578. The van der Waals surface area contributed by atoms with Crippen LogP contribution in [0.3, 0.4) is 0 Å². The highest BCUT2D eigenvalue weighted by Crippen LogP contribution is 2.36. The van der Waals surface area contributed by atoms with Crippen LogP contribution >= 0.6 is 0 Å². The van der Waals surface area contributed by atoms with Crippen molar-refractivity contribution in [3.05, 3.63) is 42.0 Å². The number of aliphatic hydroxyl groups excluding tert-OH is 1. The van der Waals surface area contributed by atoms with Gasteiger partial charge in [-0.15, -0.1) is 0 Å². The molecular weight excluding hydrogens is 452 g/mol. The van der Waals surface area contributed by atoms with E-state index in [2.05, 4.69) is 10.6 Å². The molecule has 10 heteroatoms. The van der Waals surface area contributed by atoms with E-state index in [0.29, 0.717) is 47.3 Å². The van der Waals surface area contributed by atoms with E-state index in [1.807, 2.05) is 32.8 Å². The molecule has 0 saturated carbocycles. The lowest BCUT2D eigenvalue weighted by atomic mass is 9.99. The molecule has 3 N–H and O–H groups in total. The maximum atomic E-state index is 13.5. The molecule has 0 bridgehead atoms. The lowest BCUT2D eigenvalue weighted by Crippen LogP contribution is -2.49. The zero-order valence-electron chi connectivity index (χ0n) is 20.4. The molecule has 10 nitrogen and oxygen atoms in total. The van der Waals surface area contributed by atoms with E-state index in [-0.39, 0.29) is 37.4 Å². The van der Waals surface area contributed by atoms with Crippen LogP contribution in [0.15, 0.2) is 36.4 Å². The minimum Gasteiger partial charge on any atom is -0.486 e. The highest BCUT2D eigenvalue weighted by Gasteiger charge is 2.34. The van der Waals surface area contributed by atoms with Crippen LogP contribution in [-0.4, -0.2) is 79.6 Å². The Hall–Kier alpha value is -3.50. The fourth-order valence-corrected chi connectivity index (χ4v) is 4.18. The molecule has 3 amide bonds. The first-order valence-corrected chi connectivity index (χ1v) is 11.6. The number of likely N-dealkylation sites (N-methyl/N-ethyl adjacent to an activating group) is 1. The second-order valence-corrected chi connectivity index (χ2v) is 9.21. The predicted molar refractivity (Wildman–Crippen MR) is 131 cm³/mol. The average Bonchev–Trinajstić information content (AvgIpc) is 3.29. The first-order chi connectivity index (χ1) is 16.8. The predicted octanol–water partition coefficient (Wildman–Crippen LogP) is 2.84. The van der Waals surface area contributed by atoms with E-state index in [9.17, 15) is 14.7 Å². The van der Waals surface area contributed by atoms with Gasteiger partial charge >= 0.3 is 6.03 Å². The Bertz CT molecular complexity index is 1090. The molecule has 0 aromatic heterocycles. The lowest BCUT2D eigenvalue weighted by molar-refractivity contribution is 0.0365. The van der Waals surface area contributed by atoms with Crippen molar-refractivity contribution in [2.24, 2.45) is 5.92 Å². The highest BCUT2D eigenvalue weighted by atomic mass is 16.7. The fraction of sp³-hybridized carbons (Fsp3) is 0.440. The summed E-state index contributed by atoms with van der Waals surface area (Å²) < 4.78 is 17.1. The molecule has 0 unspecified atom stereocenters. The van der Waals surface area contributed by atoms with Gasteiger partial charge in [0.15, 0.2) is 17.2 Å². The first-order valence-electron chi connectivity index (χ1n) is 11.6. The second kappa shape index (κ2) is 10.4. The van der Waals surface area contributed by atoms with Crippen LogP contribution in [0.2, 0.25) is 0 Å². The molecule has 0 saturated heterocycles. The molecule has 2 aromatic carbocycles. The Kier molecular flexibility index (Phi) is 7.32. The Morgan fingerprint density at radius 3 is 2.71 bits per heavy atom. The summed E-state index contributed by atoms with van der Waals surface area (Å²) in [7, 11) is 3.91. The Morgan fingerprint density at radius 2 is 1.97 bits per heavy atom. The molecule has 2 aliphatic rings. The molecule has 188 valence electrons. The Labute approximate surface area is 204 Å². The van der Waals surface area contributed by atoms with Crippen molar-refractivity contribution >= 4 is 23.3 Å². The number of benzene rings is 2. The van der Waals surface area contributed by atoms with E-state index in [1.165, 1.54) is 0 Å². The number of hydrogen-bond acceptors (Lipinski definition) is 7. The number of fused-ring (bicyclic) bond motifs is 2. The van der Waals surface area contributed by atoms with Crippen molar-refractivity contribution < 1.29 is 28.9 Å². The van der Waals surface area contributed by atoms with Crippen molar-refractivity contribution in [2.75, 3.05) is 51.2 Å². The number of anilines is 2. The molecule has 4 rings (SSSR count). The molecule has 0 aliphatic carbocycles. The van der Waals surface area contributed by atoms with Gasteiger partial charge < -0.3 is 39.8 Å². The van der Waals surface area contributed by atoms with Crippen molar-refractivity contribution in [3.8, 4) is 17.2 Å². The fourth-order valence-electron chi connectivity index (χ4n) is 4.18. The van der Waals surface area contributed by atoms with Crippen molar-refractivity contribution in [2.45, 2.75) is 26.0 Å². The number of aliphatic hydroxyl groups is 1. The summed E-state index contributed by atoms with van der Waals surface area (Å²) in [6.45, 7) is 4.89. The van der Waals surface area contributed by atoms with Gasteiger partial charge in [0, 0.05) is 30.8 Å². The minimum atomic E-state index is -0.492. The van der Waals surface area contributed by atoms with Gasteiger partial charge in [-0.05, 0) is 45.3 Å². The van der Waals surface area contributed by atoms with Crippen molar-refractivity contribution in [3.63, 3.8) is 0 Å². The van der Waals surface area contributed by atoms with Gasteiger partial charge in [0.05, 0.1) is 23.9 Å². The number of rotatable bonds is 6. The van der Waals surface area contributed by atoms with Gasteiger partial charge in [0.2, 0.25) is 6.79 Å². The van der Waals surface area contributed by atoms with Gasteiger partial charge in [0.25, 0.3) is 5.91 Å². The summed E-state index contributed by atoms with van der Waals surface area (Å²) >= 11 is 0. The van der Waals surface area contributed by atoms with Crippen LogP contribution in [0.5, 0.6) is 17.2 Å². The largest absolute Gasteiger partial charge is 0.486 e. The molecule has 0 fully saturated rings. The number of nitrogens with one attached hydrogen (secondary N) is 2. The molecule has 35 heavy (non-hydrogen) atoms. The monoisotopic (exact) mass is 484 g/mol. The van der Waals surface area contributed by atoms with E-state index >= 15 is 0 Å². The number of para-hydroxylation sites is 1. The molecule has 2 heterocycles. The molecule has 2 aliphatic heterocycles. The number of carbonyl (C=O) groups is 2. The molecule has 3 atom stereocenters. The zero-order chi connectivity index (χ0) is 25.1. The summed E-state index contributed by atoms with van der Waals surface area (Å²) in [6.07, 6.45) is -0.245. The van der Waals surface area contributed by atoms with E-state index < -0.39 is 6.03 Å². The third-order valence-corrected chi connectivity index (χ3v) is 6.11. The van der Waals surface area contributed by atoms with Gasteiger partial charge in [0.1, 0.15) is 6.10 Å². The summed E-state index contributed by atoms with van der Waals surface area (Å²) in [6, 6.07) is 9.34. The number of hydrogen-bond donors (Lipinski definition) is 3. The lowest BCUT2D eigenvalue weighted by Gasteiger charge is -2.38. The third-order valence-electron chi connectivity index (χ3n) is 6.11. The van der Waals surface area contributed by atoms with Gasteiger partial charge in [-0.1, -0.05) is 13.0 Å². The van der Waals surface area contributed by atoms with Crippen molar-refractivity contribution in [1.82, 2.24) is 9.80 Å². The molecular formula is C25H32N4O6. The number of carbonyl (C=O) groups excluding carboxylic acids is 2. The van der Waals surface area contributed by atoms with Gasteiger partial charge in [-0.25, -0.2) is 4.79 Å². The van der Waals surface area contributed by atoms with Crippen LogP contribution in [-0.2, 0) is 0 Å².